The van der Waals surface area contributed by atoms with Gasteiger partial charge in [-0.3, -0.25) is 0 Å². The molecule has 1 spiro atoms. The molecule has 3 aliphatic rings. The highest BCUT2D eigenvalue weighted by Gasteiger charge is 2.39. The average Bonchev–Trinajstić information content (AvgIpc) is 3.23. The van der Waals surface area contributed by atoms with Crippen molar-refractivity contribution in [2.24, 2.45) is 5.92 Å². The Hall–Kier alpha value is -0.0800. The van der Waals surface area contributed by atoms with Gasteiger partial charge in [-0.1, -0.05) is 39.0 Å². The molecule has 3 fully saturated rings. The van der Waals surface area contributed by atoms with Crippen LogP contribution in [0.2, 0.25) is 0 Å². The highest BCUT2D eigenvalue weighted by atomic mass is 16.5. The lowest BCUT2D eigenvalue weighted by Crippen LogP contribution is -2.50. The molecular formula is C17H31NO. The molecule has 0 aromatic carbocycles. The van der Waals surface area contributed by atoms with Crippen LogP contribution in [0, 0.1) is 5.92 Å². The number of hydrogen-bond acceptors (Lipinski definition) is 2. The Kier molecular flexibility index (Phi) is 4.48. The molecule has 2 unspecified atom stereocenters. The lowest BCUT2D eigenvalue weighted by atomic mass is 9.78. The second-order valence-corrected chi connectivity index (χ2v) is 7.23. The van der Waals surface area contributed by atoms with Crippen LogP contribution in [-0.2, 0) is 4.74 Å². The number of ether oxygens (including phenoxy) is 1. The zero-order valence-electron chi connectivity index (χ0n) is 12.6. The highest BCUT2D eigenvalue weighted by molar-refractivity contribution is 4.93. The Labute approximate surface area is 118 Å². The van der Waals surface area contributed by atoms with Crippen molar-refractivity contribution >= 4 is 0 Å². The van der Waals surface area contributed by atoms with Crippen LogP contribution in [0.25, 0.3) is 0 Å². The molecule has 2 saturated carbocycles. The second-order valence-electron chi connectivity index (χ2n) is 7.23. The summed E-state index contributed by atoms with van der Waals surface area (Å²) in [7, 11) is 0. The van der Waals surface area contributed by atoms with E-state index in [-0.39, 0.29) is 5.60 Å². The normalized spacial score (nSPS) is 32.4. The minimum Gasteiger partial charge on any atom is -0.375 e. The molecule has 1 heterocycles. The van der Waals surface area contributed by atoms with Crippen LogP contribution in [-0.4, -0.2) is 24.3 Å². The Morgan fingerprint density at radius 1 is 1.16 bits per heavy atom. The summed E-state index contributed by atoms with van der Waals surface area (Å²) in [6, 6.07) is 1.48. The fourth-order valence-electron chi connectivity index (χ4n) is 4.16. The summed E-state index contributed by atoms with van der Waals surface area (Å²) in [5.74, 6) is 1.04. The monoisotopic (exact) mass is 265 g/mol. The zero-order valence-corrected chi connectivity index (χ0v) is 12.6. The van der Waals surface area contributed by atoms with E-state index >= 15 is 0 Å². The third-order valence-corrected chi connectivity index (χ3v) is 5.54. The first-order valence-corrected chi connectivity index (χ1v) is 8.70. The van der Waals surface area contributed by atoms with Gasteiger partial charge in [0.05, 0.1) is 5.60 Å². The van der Waals surface area contributed by atoms with Crippen molar-refractivity contribution in [3.05, 3.63) is 0 Å². The zero-order chi connectivity index (χ0) is 13.1. The fourth-order valence-corrected chi connectivity index (χ4v) is 4.16. The van der Waals surface area contributed by atoms with E-state index in [1.54, 1.807) is 0 Å². The second kappa shape index (κ2) is 6.13. The SMILES string of the molecule is CCC(CC1CC1)NC1CCOC2(CCCCC2)C1. The van der Waals surface area contributed by atoms with E-state index in [4.69, 9.17) is 4.74 Å². The van der Waals surface area contributed by atoms with Crippen LogP contribution >= 0.6 is 0 Å². The summed E-state index contributed by atoms with van der Waals surface area (Å²) in [5.41, 5.74) is 0.256. The summed E-state index contributed by atoms with van der Waals surface area (Å²) in [6.07, 6.45) is 15.0. The van der Waals surface area contributed by atoms with Gasteiger partial charge < -0.3 is 10.1 Å². The van der Waals surface area contributed by atoms with E-state index in [2.05, 4.69) is 12.2 Å². The van der Waals surface area contributed by atoms with Gasteiger partial charge in [0.2, 0.25) is 0 Å². The van der Waals surface area contributed by atoms with Gasteiger partial charge in [-0.15, -0.1) is 0 Å². The van der Waals surface area contributed by atoms with E-state index < -0.39 is 0 Å². The van der Waals surface area contributed by atoms with Crippen LogP contribution in [0.3, 0.4) is 0 Å². The first-order chi connectivity index (χ1) is 9.30. The molecule has 0 aromatic rings. The van der Waals surface area contributed by atoms with Gasteiger partial charge in [-0.05, 0) is 44.4 Å². The van der Waals surface area contributed by atoms with Crippen molar-refractivity contribution in [3.63, 3.8) is 0 Å². The molecular weight excluding hydrogens is 234 g/mol. The molecule has 0 radical (unpaired) electrons. The van der Waals surface area contributed by atoms with Gasteiger partial charge in [-0.25, -0.2) is 0 Å². The standard InChI is InChI=1S/C17H31NO/c1-2-15(12-14-6-7-14)18-16-8-11-19-17(13-16)9-4-3-5-10-17/h14-16,18H,2-13H2,1H3. The smallest absolute Gasteiger partial charge is 0.0697 e. The summed E-state index contributed by atoms with van der Waals surface area (Å²) >= 11 is 0. The molecule has 2 aliphatic carbocycles. The molecule has 0 amide bonds. The maximum Gasteiger partial charge on any atom is 0.0697 e. The molecule has 2 heteroatoms. The van der Waals surface area contributed by atoms with Crippen molar-refractivity contribution in [2.45, 2.75) is 95.2 Å². The Morgan fingerprint density at radius 2 is 1.95 bits per heavy atom. The number of nitrogens with one attached hydrogen (secondary N) is 1. The van der Waals surface area contributed by atoms with Gasteiger partial charge in [0, 0.05) is 18.7 Å². The summed E-state index contributed by atoms with van der Waals surface area (Å²) in [6.45, 7) is 3.33. The quantitative estimate of drug-likeness (QED) is 0.810. The maximum atomic E-state index is 6.21. The predicted octanol–water partition coefficient (Wildman–Crippen LogP) is 4.04. The van der Waals surface area contributed by atoms with Gasteiger partial charge in [0.15, 0.2) is 0 Å². The summed E-state index contributed by atoms with van der Waals surface area (Å²) < 4.78 is 6.21. The lowest BCUT2D eigenvalue weighted by Gasteiger charge is -2.44. The minimum atomic E-state index is 0.256. The largest absolute Gasteiger partial charge is 0.375 e. The third-order valence-electron chi connectivity index (χ3n) is 5.54. The Bertz CT molecular complexity index is 275. The molecule has 0 bridgehead atoms. The van der Waals surface area contributed by atoms with Crippen molar-refractivity contribution in [2.75, 3.05) is 6.61 Å². The molecule has 2 atom stereocenters. The van der Waals surface area contributed by atoms with Crippen molar-refractivity contribution in [1.29, 1.82) is 0 Å². The van der Waals surface area contributed by atoms with E-state index in [1.807, 2.05) is 0 Å². The van der Waals surface area contributed by atoms with Crippen LogP contribution in [0.1, 0.15) is 77.6 Å². The van der Waals surface area contributed by atoms with E-state index in [0.29, 0.717) is 0 Å². The topological polar surface area (TPSA) is 21.3 Å². The minimum absolute atomic E-state index is 0.256. The molecule has 0 aromatic heterocycles. The van der Waals surface area contributed by atoms with Crippen LogP contribution in [0.4, 0.5) is 0 Å². The predicted molar refractivity (Wildman–Crippen MR) is 79.3 cm³/mol. The molecule has 19 heavy (non-hydrogen) atoms. The van der Waals surface area contributed by atoms with Gasteiger partial charge in [-0.2, -0.15) is 0 Å². The van der Waals surface area contributed by atoms with Gasteiger partial charge >= 0.3 is 0 Å². The van der Waals surface area contributed by atoms with E-state index in [9.17, 15) is 0 Å². The Balaban J connectivity index is 1.51. The highest BCUT2D eigenvalue weighted by Crippen LogP contribution is 2.39. The van der Waals surface area contributed by atoms with Crippen LogP contribution < -0.4 is 5.32 Å². The van der Waals surface area contributed by atoms with E-state index in [0.717, 1.165) is 24.6 Å². The summed E-state index contributed by atoms with van der Waals surface area (Å²) in [5, 5.41) is 3.97. The van der Waals surface area contributed by atoms with Gasteiger partial charge in [0.1, 0.15) is 0 Å². The lowest BCUT2D eigenvalue weighted by molar-refractivity contribution is -0.110. The molecule has 3 rings (SSSR count). The first-order valence-electron chi connectivity index (χ1n) is 8.70. The van der Waals surface area contributed by atoms with Crippen LogP contribution in [0.5, 0.6) is 0 Å². The van der Waals surface area contributed by atoms with E-state index in [1.165, 1.54) is 70.6 Å². The van der Waals surface area contributed by atoms with Crippen molar-refractivity contribution < 1.29 is 4.74 Å². The maximum absolute atomic E-state index is 6.21. The van der Waals surface area contributed by atoms with Crippen LogP contribution in [0.15, 0.2) is 0 Å². The number of rotatable bonds is 5. The van der Waals surface area contributed by atoms with Crippen molar-refractivity contribution in [1.82, 2.24) is 5.32 Å². The number of hydrogen-bond donors (Lipinski definition) is 1. The first kappa shape index (κ1) is 13.9. The molecule has 2 nitrogen and oxygen atoms in total. The fraction of sp³-hybridized carbons (Fsp3) is 1.00. The molecule has 1 N–H and O–H groups in total. The molecule has 1 aliphatic heterocycles. The third kappa shape index (κ3) is 3.72. The average molecular weight is 265 g/mol. The summed E-state index contributed by atoms with van der Waals surface area (Å²) in [4.78, 5) is 0. The Morgan fingerprint density at radius 3 is 2.63 bits per heavy atom. The molecule has 110 valence electrons. The van der Waals surface area contributed by atoms with Crippen molar-refractivity contribution in [3.8, 4) is 0 Å². The molecule has 1 saturated heterocycles. The van der Waals surface area contributed by atoms with Gasteiger partial charge in [0.25, 0.3) is 0 Å².